The zero-order valence-corrected chi connectivity index (χ0v) is 18.7. The lowest BCUT2D eigenvalue weighted by molar-refractivity contribution is -0.146. The van der Waals surface area contributed by atoms with Crippen molar-refractivity contribution in [1.82, 2.24) is 24.6 Å². The van der Waals surface area contributed by atoms with Crippen molar-refractivity contribution in [1.29, 1.82) is 0 Å². The quantitative estimate of drug-likeness (QED) is 0.195. The van der Waals surface area contributed by atoms with Crippen LogP contribution in [-0.2, 0) is 14.4 Å². The summed E-state index contributed by atoms with van der Waals surface area (Å²) in [7, 11) is 0. The average molecular weight is 494 g/mol. The molecule has 0 aliphatic carbocycles. The number of β-lactam (4-membered cyclic amide) rings is 1. The SMILES string of the molecule is Cc1ncsc1C=CC1=C(C(=O)O)N2C(=O)C[C@@H]2SC1NC(=O)C(=NO)c1nsc(N)n1. The maximum absolute atomic E-state index is 12.8. The van der Waals surface area contributed by atoms with Crippen LogP contribution in [0.4, 0.5) is 5.13 Å². The molecule has 0 spiro atoms. The number of nitrogens with zero attached hydrogens (tertiary/aromatic N) is 5. The number of amides is 2. The minimum Gasteiger partial charge on any atom is -0.477 e. The van der Waals surface area contributed by atoms with E-state index < -0.39 is 28.3 Å². The second-order valence-electron chi connectivity index (χ2n) is 6.56. The Morgan fingerprint density at radius 1 is 1.41 bits per heavy atom. The van der Waals surface area contributed by atoms with Crippen molar-refractivity contribution in [2.45, 2.75) is 24.1 Å². The van der Waals surface area contributed by atoms with Gasteiger partial charge in [-0.1, -0.05) is 11.2 Å². The third kappa shape index (κ3) is 3.96. The van der Waals surface area contributed by atoms with Crippen molar-refractivity contribution in [2.24, 2.45) is 5.16 Å². The summed E-state index contributed by atoms with van der Waals surface area (Å²) in [5.74, 6) is -2.60. The number of carbonyl (C=O) groups is 3. The molecule has 2 aromatic heterocycles. The minimum absolute atomic E-state index is 0.0845. The van der Waals surface area contributed by atoms with Crippen molar-refractivity contribution in [3.8, 4) is 0 Å². The standard InChI is InChI=1S/C17H15N7O5S3/c1-6-8(30-5-19-6)3-2-7-12(16(27)28)24-9(25)4-10(24)31-15(7)21-14(26)11(22-29)13-20-17(18)32-23-13/h2-3,5,10,15,29H,4H2,1H3,(H,21,26)(H,27,28)(H2,18,20,23)/t10-,15?/m0/s1. The van der Waals surface area contributed by atoms with Gasteiger partial charge in [-0.2, -0.15) is 9.36 Å². The summed E-state index contributed by atoms with van der Waals surface area (Å²) in [6, 6.07) is 0. The van der Waals surface area contributed by atoms with Gasteiger partial charge in [-0.3, -0.25) is 14.5 Å². The third-order valence-corrected chi connectivity index (χ3v) is 7.40. The zero-order chi connectivity index (χ0) is 23.0. The first-order chi connectivity index (χ1) is 15.3. The van der Waals surface area contributed by atoms with Gasteiger partial charge in [0.25, 0.3) is 5.91 Å². The van der Waals surface area contributed by atoms with Gasteiger partial charge in [0.15, 0.2) is 5.13 Å². The molecule has 2 atom stereocenters. The first-order valence-corrected chi connectivity index (χ1v) is 11.5. The topological polar surface area (TPSA) is 184 Å². The van der Waals surface area contributed by atoms with Gasteiger partial charge in [0, 0.05) is 22.0 Å². The number of hydrogen-bond donors (Lipinski definition) is 4. The fourth-order valence-corrected chi connectivity index (χ4v) is 5.65. The van der Waals surface area contributed by atoms with Crippen LogP contribution in [0.15, 0.2) is 28.0 Å². The van der Waals surface area contributed by atoms with Crippen molar-refractivity contribution >= 4 is 69.3 Å². The number of aliphatic carboxylic acids is 1. The van der Waals surface area contributed by atoms with E-state index in [1.54, 1.807) is 17.7 Å². The largest absolute Gasteiger partial charge is 0.477 e. The molecule has 0 radical (unpaired) electrons. The number of hydrogen-bond acceptors (Lipinski definition) is 12. The molecule has 1 fully saturated rings. The Kier molecular flexibility index (Phi) is 5.94. The molecule has 5 N–H and O–H groups in total. The molecular weight excluding hydrogens is 478 g/mol. The molecule has 4 heterocycles. The number of oxime groups is 1. The highest BCUT2D eigenvalue weighted by atomic mass is 32.2. The fraction of sp³-hybridized carbons (Fsp3) is 0.235. The summed E-state index contributed by atoms with van der Waals surface area (Å²) in [4.78, 5) is 47.0. The van der Waals surface area contributed by atoms with E-state index in [1.807, 2.05) is 6.92 Å². The predicted molar refractivity (Wildman–Crippen MR) is 118 cm³/mol. The molecule has 1 unspecified atom stereocenters. The van der Waals surface area contributed by atoms with Crippen LogP contribution in [0.2, 0.25) is 0 Å². The Morgan fingerprint density at radius 2 is 2.19 bits per heavy atom. The smallest absolute Gasteiger partial charge is 0.353 e. The summed E-state index contributed by atoms with van der Waals surface area (Å²) in [5, 5.41) is 23.6. The fourth-order valence-electron chi connectivity index (χ4n) is 3.11. The van der Waals surface area contributed by atoms with Gasteiger partial charge in [-0.15, -0.1) is 23.1 Å². The van der Waals surface area contributed by atoms with Gasteiger partial charge in [0.1, 0.15) is 11.1 Å². The number of aryl methyl sites for hydroxylation is 1. The number of fused-ring (bicyclic) bond motifs is 1. The van der Waals surface area contributed by atoms with Gasteiger partial charge in [-0.05, 0) is 13.0 Å². The first-order valence-electron chi connectivity index (χ1n) is 8.95. The number of carboxylic acids is 1. The van der Waals surface area contributed by atoms with E-state index in [2.05, 4.69) is 24.8 Å². The molecule has 0 aromatic carbocycles. The molecule has 12 nitrogen and oxygen atoms in total. The number of anilines is 1. The number of thioether (sulfide) groups is 1. The molecule has 2 aliphatic heterocycles. The van der Waals surface area contributed by atoms with Gasteiger partial charge in [0.2, 0.25) is 17.4 Å². The van der Waals surface area contributed by atoms with E-state index in [0.29, 0.717) is 0 Å². The molecule has 166 valence electrons. The number of nitrogens with one attached hydrogen (secondary N) is 1. The van der Waals surface area contributed by atoms with Crippen molar-refractivity contribution in [3.05, 3.63) is 39.3 Å². The van der Waals surface area contributed by atoms with Crippen LogP contribution in [0.25, 0.3) is 6.08 Å². The first kappa shape index (κ1) is 21.9. The van der Waals surface area contributed by atoms with E-state index >= 15 is 0 Å². The van der Waals surface area contributed by atoms with Crippen LogP contribution >= 0.6 is 34.6 Å². The van der Waals surface area contributed by atoms with E-state index in [-0.39, 0.29) is 34.6 Å². The Hall–Kier alpha value is -3.30. The highest BCUT2D eigenvalue weighted by Crippen LogP contribution is 2.43. The summed E-state index contributed by atoms with van der Waals surface area (Å²) in [6.07, 6.45) is 3.36. The molecule has 2 amide bonds. The molecule has 2 aliphatic rings. The monoisotopic (exact) mass is 493 g/mol. The second kappa shape index (κ2) is 8.68. The summed E-state index contributed by atoms with van der Waals surface area (Å²) in [5.41, 5.74) is 7.46. The van der Waals surface area contributed by atoms with E-state index in [1.165, 1.54) is 28.0 Å². The van der Waals surface area contributed by atoms with E-state index in [9.17, 15) is 24.7 Å². The van der Waals surface area contributed by atoms with Gasteiger partial charge < -0.3 is 21.4 Å². The molecule has 32 heavy (non-hydrogen) atoms. The molecular formula is C17H15N7O5S3. The Morgan fingerprint density at radius 3 is 2.75 bits per heavy atom. The molecule has 15 heteroatoms. The maximum atomic E-state index is 12.8. The number of nitrogen functional groups attached to an aromatic ring is 1. The van der Waals surface area contributed by atoms with Crippen molar-refractivity contribution in [2.75, 3.05) is 5.73 Å². The van der Waals surface area contributed by atoms with E-state index in [4.69, 9.17) is 5.73 Å². The summed E-state index contributed by atoms with van der Waals surface area (Å²) >= 11 is 3.39. The molecule has 1 saturated heterocycles. The number of thiazole rings is 1. The lowest BCUT2D eigenvalue weighted by Crippen LogP contribution is -2.57. The minimum atomic E-state index is -1.30. The molecule has 0 saturated carbocycles. The van der Waals surface area contributed by atoms with E-state index in [0.717, 1.165) is 22.1 Å². The Balaban J connectivity index is 1.70. The van der Waals surface area contributed by atoms with Crippen LogP contribution in [0.3, 0.4) is 0 Å². The van der Waals surface area contributed by atoms with Crippen LogP contribution in [0.5, 0.6) is 0 Å². The van der Waals surface area contributed by atoms with Gasteiger partial charge in [0.05, 0.1) is 23.0 Å². The zero-order valence-electron chi connectivity index (χ0n) is 16.3. The Bertz CT molecular complexity index is 1200. The molecule has 0 bridgehead atoms. The lowest BCUT2D eigenvalue weighted by atomic mass is 10.1. The number of carboxylic acid groups (broad SMARTS) is 1. The lowest BCUT2D eigenvalue weighted by Gasteiger charge is -2.46. The number of rotatable bonds is 6. The average Bonchev–Trinajstić information content (AvgIpc) is 3.34. The highest BCUT2D eigenvalue weighted by Gasteiger charge is 2.48. The predicted octanol–water partition coefficient (Wildman–Crippen LogP) is 0.863. The Labute approximate surface area is 192 Å². The maximum Gasteiger partial charge on any atom is 0.353 e. The summed E-state index contributed by atoms with van der Waals surface area (Å²) < 4.78 is 3.86. The van der Waals surface area contributed by atoms with Crippen LogP contribution < -0.4 is 11.1 Å². The number of nitrogens with two attached hydrogens (primary N) is 1. The van der Waals surface area contributed by atoms with Crippen LogP contribution in [0.1, 0.15) is 22.8 Å². The molecule has 2 aromatic rings. The number of carbonyl (C=O) groups excluding carboxylic acids is 2. The highest BCUT2D eigenvalue weighted by molar-refractivity contribution is 8.00. The van der Waals surface area contributed by atoms with Crippen molar-refractivity contribution in [3.63, 3.8) is 0 Å². The van der Waals surface area contributed by atoms with Crippen LogP contribution in [-0.4, -0.2) is 63.8 Å². The molecule has 4 rings (SSSR count). The van der Waals surface area contributed by atoms with Gasteiger partial charge in [-0.25, -0.2) is 9.78 Å². The normalized spacial score (nSPS) is 21.0. The van der Waals surface area contributed by atoms with Crippen LogP contribution in [0, 0.1) is 6.92 Å². The van der Waals surface area contributed by atoms with Gasteiger partial charge >= 0.3 is 5.97 Å². The third-order valence-electron chi connectivity index (χ3n) is 4.63. The second-order valence-corrected chi connectivity index (χ2v) is 9.52. The van der Waals surface area contributed by atoms with Crippen molar-refractivity contribution < 1.29 is 24.7 Å². The number of aromatic nitrogens is 3. The summed E-state index contributed by atoms with van der Waals surface area (Å²) in [6.45, 7) is 1.81.